The zero-order valence-electron chi connectivity index (χ0n) is 11.2. The molecule has 0 atom stereocenters. The van der Waals surface area contributed by atoms with E-state index < -0.39 is 0 Å². The van der Waals surface area contributed by atoms with E-state index in [4.69, 9.17) is 0 Å². The summed E-state index contributed by atoms with van der Waals surface area (Å²) >= 11 is 0. The molecule has 1 rings (SSSR count). The lowest BCUT2D eigenvalue weighted by molar-refractivity contribution is 0.143. The number of rotatable bonds is 5. The third-order valence-electron chi connectivity index (χ3n) is 3.32. The van der Waals surface area contributed by atoms with Crippen LogP contribution in [0.5, 0.6) is 0 Å². The molecule has 2 nitrogen and oxygen atoms in total. The molecule has 0 radical (unpaired) electrons. The quantitative estimate of drug-likeness (QED) is 0.752. The smallest absolute Gasteiger partial charge is 0.0401 e. The summed E-state index contributed by atoms with van der Waals surface area (Å²) < 4.78 is 0. The van der Waals surface area contributed by atoms with Gasteiger partial charge in [0, 0.05) is 18.6 Å². The summed E-state index contributed by atoms with van der Waals surface area (Å²) in [5, 5.41) is 0. The van der Waals surface area contributed by atoms with Gasteiger partial charge in [-0.15, -0.1) is 0 Å². The molecule has 0 bridgehead atoms. The Hall–Kier alpha value is -0.860. The molecule has 0 saturated carbocycles. The molecule has 0 amide bonds. The summed E-state index contributed by atoms with van der Waals surface area (Å²) in [5.74, 6) is 0. The number of likely N-dealkylation sites (N-methyl/N-ethyl adjacent to an activating group) is 2. The number of nitrogens with zero attached hydrogens (tertiary/aromatic N) is 2. The second-order valence-electron chi connectivity index (χ2n) is 5.15. The van der Waals surface area contributed by atoms with Crippen LogP contribution >= 0.6 is 0 Å². The van der Waals surface area contributed by atoms with Gasteiger partial charge in [-0.2, -0.15) is 0 Å². The Morgan fingerprint density at radius 3 is 2.00 bits per heavy atom. The summed E-state index contributed by atoms with van der Waals surface area (Å²) in [6.45, 7) is 6.72. The fourth-order valence-electron chi connectivity index (χ4n) is 1.70. The van der Waals surface area contributed by atoms with Gasteiger partial charge in [-0.3, -0.25) is 4.90 Å². The summed E-state index contributed by atoms with van der Waals surface area (Å²) in [6.07, 6.45) is 0. The van der Waals surface area contributed by atoms with Crippen LogP contribution in [0, 0.1) is 0 Å². The molecule has 0 saturated heterocycles. The van der Waals surface area contributed by atoms with Crippen molar-refractivity contribution in [1.29, 1.82) is 0 Å². The maximum atomic E-state index is 2.41. The zero-order chi connectivity index (χ0) is 12.2. The number of hydrogen-bond acceptors (Lipinski definition) is 2. The van der Waals surface area contributed by atoms with E-state index in [-0.39, 0.29) is 5.54 Å². The normalized spacial score (nSPS) is 12.4. The Kier molecular flexibility index (Phi) is 4.51. The Morgan fingerprint density at radius 2 is 1.50 bits per heavy atom. The largest absolute Gasteiger partial charge is 0.308 e. The minimum absolute atomic E-state index is 0.0945. The molecule has 0 aliphatic heterocycles. The van der Waals surface area contributed by atoms with Crippen LogP contribution in [-0.4, -0.2) is 44.0 Å². The highest BCUT2D eigenvalue weighted by Gasteiger charge is 2.24. The summed E-state index contributed by atoms with van der Waals surface area (Å²) in [4.78, 5) is 4.62. The van der Waals surface area contributed by atoms with Crippen molar-refractivity contribution >= 4 is 0 Å². The van der Waals surface area contributed by atoms with Crippen LogP contribution < -0.4 is 0 Å². The van der Waals surface area contributed by atoms with Crippen LogP contribution in [0.15, 0.2) is 30.3 Å². The van der Waals surface area contributed by atoms with Crippen LogP contribution in [0.2, 0.25) is 0 Å². The average Bonchev–Trinajstić information content (AvgIpc) is 2.27. The molecule has 1 aromatic rings. The van der Waals surface area contributed by atoms with E-state index in [0.29, 0.717) is 0 Å². The molecule has 0 fully saturated rings. The van der Waals surface area contributed by atoms with E-state index in [1.54, 1.807) is 0 Å². The predicted octanol–water partition coefficient (Wildman–Crippen LogP) is 2.42. The lowest BCUT2D eigenvalue weighted by Crippen LogP contribution is -2.41. The minimum atomic E-state index is 0.0945. The number of benzene rings is 1. The first-order valence-electron chi connectivity index (χ1n) is 5.86. The fourth-order valence-corrected chi connectivity index (χ4v) is 1.70. The zero-order valence-corrected chi connectivity index (χ0v) is 11.2. The Labute approximate surface area is 99.9 Å². The second kappa shape index (κ2) is 5.46. The average molecular weight is 220 g/mol. The standard InChI is InChI=1S/C14H24N2/c1-14(2,13-9-7-6-8-10-13)16(5)12-11-15(3)4/h6-10H,11-12H2,1-5H3. The molecule has 1 aromatic carbocycles. The molecule has 0 aliphatic carbocycles. The van der Waals surface area contributed by atoms with Gasteiger partial charge in [0.2, 0.25) is 0 Å². The van der Waals surface area contributed by atoms with Gasteiger partial charge in [0.15, 0.2) is 0 Å². The van der Waals surface area contributed by atoms with Gasteiger partial charge in [-0.05, 0) is 40.6 Å². The van der Waals surface area contributed by atoms with E-state index in [9.17, 15) is 0 Å². The molecular weight excluding hydrogens is 196 g/mol. The Morgan fingerprint density at radius 1 is 0.938 bits per heavy atom. The first-order valence-corrected chi connectivity index (χ1v) is 5.86. The van der Waals surface area contributed by atoms with Gasteiger partial charge in [0.05, 0.1) is 0 Å². The molecular formula is C14H24N2. The Bertz CT molecular complexity index is 304. The lowest BCUT2D eigenvalue weighted by atomic mass is 9.93. The molecule has 16 heavy (non-hydrogen) atoms. The monoisotopic (exact) mass is 220 g/mol. The summed E-state index contributed by atoms with van der Waals surface area (Å²) in [7, 11) is 6.42. The highest BCUT2D eigenvalue weighted by molar-refractivity contribution is 5.22. The molecule has 0 spiro atoms. The van der Waals surface area contributed by atoms with E-state index >= 15 is 0 Å². The maximum Gasteiger partial charge on any atom is 0.0401 e. The summed E-state index contributed by atoms with van der Waals surface area (Å²) in [6, 6.07) is 10.7. The third kappa shape index (κ3) is 3.32. The highest BCUT2D eigenvalue weighted by atomic mass is 15.2. The molecule has 0 unspecified atom stereocenters. The van der Waals surface area contributed by atoms with Crippen molar-refractivity contribution in [2.75, 3.05) is 34.2 Å². The van der Waals surface area contributed by atoms with Crippen molar-refractivity contribution in [3.8, 4) is 0 Å². The molecule has 0 aliphatic rings. The number of hydrogen-bond donors (Lipinski definition) is 0. The van der Waals surface area contributed by atoms with Crippen molar-refractivity contribution in [2.45, 2.75) is 19.4 Å². The van der Waals surface area contributed by atoms with E-state index in [0.717, 1.165) is 13.1 Å². The fraction of sp³-hybridized carbons (Fsp3) is 0.571. The first-order chi connectivity index (χ1) is 7.44. The van der Waals surface area contributed by atoms with Crippen LogP contribution in [0.1, 0.15) is 19.4 Å². The summed E-state index contributed by atoms with van der Waals surface area (Å²) in [5.41, 5.74) is 1.47. The van der Waals surface area contributed by atoms with E-state index in [1.807, 2.05) is 0 Å². The topological polar surface area (TPSA) is 6.48 Å². The van der Waals surface area contributed by atoms with Crippen LogP contribution in [0.25, 0.3) is 0 Å². The second-order valence-corrected chi connectivity index (χ2v) is 5.15. The Balaban J connectivity index is 2.69. The molecule has 2 heteroatoms. The van der Waals surface area contributed by atoms with Crippen LogP contribution in [0.3, 0.4) is 0 Å². The van der Waals surface area contributed by atoms with Crippen molar-refractivity contribution in [1.82, 2.24) is 9.80 Å². The van der Waals surface area contributed by atoms with Gasteiger partial charge in [-0.1, -0.05) is 30.3 Å². The van der Waals surface area contributed by atoms with Crippen LogP contribution in [-0.2, 0) is 5.54 Å². The van der Waals surface area contributed by atoms with Crippen molar-refractivity contribution in [3.63, 3.8) is 0 Å². The third-order valence-corrected chi connectivity index (χ3v) is 3.32. The first kappa shape index (κ1) is 13.2. The van der Waals surface area contributed by atoms with Gasteiger partial charge in [-0.25, -0.2) is 0 Å². The van der Waals surface area contributed by atoms with Gasteiger partial charge < -0.3 is 4.90 Å². The minimum Gasteiger partial charge on any atom is -0.308 e. The predicted molar refractivity (Wildman–Crippen MR) is 70.7 cm³/mol. The van der Waals surface area contributed by atoms with E-state index in [1.165, 1.54) is 5.56 Å². The van der Waals surface area contributed by atoms with Crippen molar-refractivity contribution in [3.05, 3.63) is 35.9 Å². The molecule has 0 heterocycles. The molecule has 0 N–H and O–H groups in total. The maximum absolute atomic E-state index is 2.41. The molecule has 90 valence electrons. The molecule has 0 aromatic heterocycles. The van der Waals surface area contributed by atoms with Crippen molar-refractivity contribution in [2.24, 2.45) is 0 Å². The highest BCUT2D eigenvalue weighted by Crippen LogP contribution is 2.25. The van der Waals surface area contributed by atoms with Gasteiger partial charge in [0.25, 0.3) is 0 Å². The lowest BCUT2D eigenvalue weighted by Gasteiger charge is -2.36. The van der Waals surface area contributed by atoms with E-state index in [2.05, 4.69) is 75.1 Å². The SMILES string of the molecule is CN(C)CCN(C)C(C)(C)c1ccccc1. The van der Waals surface area contributed by atoms with Crippen LogP contribution in [0.4, 0.5) is 0 Å². The van der Waals surface area contributed by atoms with Gasteiger partial charge >= 0.3 is 0 Å². The van der Waals surface area contributed by atoms with Crippen molar-refractivity contribution < 1.29 is 0 Å². The van der Waals surface area contributed by atoms with Gasteiger partial charge in [0.1, 0.15) is 0 Å².